The summed E-state index contributed by atoms with van der Waals surface area (Å²) in [6, 6.07) is 5.01. The van der Waals surface area contributed by atoms with Gasteiger partial charge in [-0.2, -0.15) is 0 Å². The molecule has 1 saturated carbocycles. The average Bonchev–Trinajstić information content (AvgIpc) is 2.45. The number of nitrogens with one attached hydrogen (secondary N) is 2. The zero-order valence-corrected chi connectivity index (χ0v) is 13.5. The third-order valence-electron chi connectivity index (χ3n) is 4.21. The first kappa shape index (κ1) is 16.1. The summed E-state index contributed by atoms with van der Waals surface area (Å²) in [6.07, 6.45) is 5.16. The van der Waals surface area contributed by atoms with Gasteiger partial charge < -0.3 is 11.1 Å². The van der Waals surface area contributed by atoms with Gasteiger partial charge in [-0.05, 0) is 49.9 Å². The van der Waals surface area contributed by atoms with Crippen molar-refractivity contribution in [3.63, 3.8) is 0 Å². The van der Waals surface area contributed by atoms with Crippen molar-refractivity contribution < 1.29 is 8.42 Å². The van der Waals surface area contributed by atoms with E-state index in [1.165, 1.54) is 32.7 Å². The predicted molar refractivity (Wildman–Crippen MR) is 86.7 cm³/mol. The summed E-state index contributed by atoms with van der Waals surface area (Å²) >= 11 is 0. The average molecular weight is 311 g/mol. The van der Waals surface area contributed by atoms with Gasteiger partial charge in [-0.25, -0.2) is 13.1 Å². The number of hydrogen-bond acceptors (Lipinski definition) is 4. The Bertz CT molecular complexity index is 587. The van der Waals surface area contributed by atoms with Gasteiger partial charge in [0.15, 0.2) is 0 Å². The first-order chi connectivity index (χ1) is 9.92. The van der Waals surface area contributed by atoms with Gasteiger partial charge >= 0.3 is 0 Å². The smallest absolute Gasteiger partial charge is 0.242 e. The minimum atomic E-state index is -3.49. The summed E-state index contributed by atoms with van der Waals surface area (Å²) in [7, 11) is -2.11. The second-order valence-electron chi connectivity index (χ2n) is 5.98. The third kappa shape index (κ3) is 4.11. The lowest BCUT2D eigenvalue weighted by atomic mass is 9.82. The molecule has 0 spiro atoms. The van der Waals surface area contributed by atoms with E-state index < -0.39 is 10.0 Å². The number of hydrogen-bond donors (Lipinski definition) is 3. The highest BCUT2D eigenvalue weighted by atomic mass is 32.2. The van der Waals surface area contributed by atoms with Gasteiger partial charge in [-0.15, -0.1) is 0 Å². The summed E-state index contributed by atoms with van der Waals surface area (Å²) in [5, 5.41) is 3.38. The van der Waals surface area contributed by atoms with E-state index in [0.29, 0.717) is 5.92 Å². The van der Waals surface area contributed by atoms with Crippen LogP contribution in [0.5, 0.6) is 0 Å². The number of anilines is 2. The standard InChI is InChI=1S/C15H25N3O2S/c1-11-4-3-5-12(8-11)10-18-13-6-7-15(14(16)9-13)21(19,20)17-2/h6-7,9,11-12,17-18H,3-5,8,10,16H2,1-2H3. The van der Waals surface area contributed by atoms with Crippen LogP contribution in [0.1, 0.15) is 32.6 Å². The van der Waals surface area contributed by atoms with Gasteiger partial charge in [-0.3, -0.25) is 0 Å². The SMILES string of the molecule is CNS(=O)(=O)c1ccc(NCC2CCCC(C)C2)cc1N. The first-order valence-corrected chi connectivity index (χ1v) is 8.97. The van der Waals surface area contributed by atoms with E-state index in [4.69, 9.17) is 5.73 Å². The van der Waals surface area contributed by atoms with E-state index in [1.807, 2.05) is 0 Å². The molecule has 5 nitrogen and oxygen atoms in total. The monoisotopic (exact) mass is 311 g/mol. The van der Waals surface area contributed by atoms with Crippen LogP contribution in [0, 0.1) is 11.8 Å². The summed E-state index contributed by atoms with van der Waals surface area (Å²) in [5.74, 6) is 1.49. The molecule has 2 unspecified atom stereocenters. The van der Waals surface area contributed by atoms with Crippen LogP contribution >= 0.6 is 0 Å². The van der Waals surface area contributed by atoms with Gasteiger partial charge in [-0.1, -0.05) is 19.8 Å². The summed E-state index contributed by atoms with van der Waals surface area (Å²) in [6.45, 7) is 3.23. The highest BCUT2D eigenvalue weighted by molar-refractivity contribution is 7.89. The molecule has 6 heteroatoms. The summed E-state index contributed by atoms with van der Waals surface area (Å²) in [5.41, 5.74) is 7.00. The highest BCUT2D eigenvalue weighted by Gasteiger charge is 2.19. The molecule has 1 aromatic carbocycles. The fourth-order valence-electron chi connectivity index (χ4n) is 3.02. The predicted octanol–water partition coefficient (Wildman–Crippen LogP) is 2.42. The van der Waals surface area contributed by atoms with Gasteiger partial charge in [0.25, 0.3) is 0 Å². The number of sulfonamides is 1. The molecule has 2 rings (SSSR count). The number of nitrogen functional groups attached to an aromatic ring is 1. The Morgan fingerprint density at radius 1 is 1.33 bits per heavy atom. The fraction of sp³-hybridized carbons (Fsp3) is 0.600. The molecule has 0 bridgehead atoms. The largest absolute Gasteiger partial charge is 0.398 e. The van der Waals surface area contributed by atoms with Crippen molar-refractivity contribution in [2.24, 2.45) is 11.8 Å². The molecule has 21 heavy (non-hydrogen) atoms. The molecule has 1 aliphatic rings. The van der Waals surface area contributed by atoms with E-state index in [-0.39, 0.29) is 10.6 Å². The van der Waals surface area contributed by atoms with Gasteiger partial charge in [0, 0.05) is 12.2 Å². The van der Waals surface area contributed by atoms with Crippen LogP contribution in [0.25, 0.3) is 0 Å². The van der Waals surface area contributed by atoms with Crippen LogP contribution in [-0.4, -0.2) is 22.0 Å². The van der Waals surface area contributed by atoms with Crippen molar-refractivity contribution in [3.8, 4) is 0 Å². The molecule has 1 fully saturated rings. The molecule has 118 valence electrons. The van der Waals surface area contributed by atoms with Crippen LogP contribution in [0.4, 0.5) is 11.4 Å². The molecule has 1 aliphatic carbocycles. The Balaban J connectivity index is 2.00. The van der Waals surface area contributed by atoms with Crippen LogP contribution in [0.3, 0.4) is 0 Å². The van der Waals surface area contributed by atoms with Crippen LogP contribution in [0.2, 0.25) is 0 Å². The summed E-state index contributed by atoms with van der Waals surface area (Å²) < 4.78 is 25.8. The number of nitrogens with two attached hydrogens (primary N) is 1. The van der Waals surface area contributed by atoms with E-state index >= 15 is 0 Å². The molecular weight excluding hydrogens is 286 g/mol. The van der Waals surface area contributed by atoms with Crippen LogP contribution < -0.4 is 15.8 Å². The molecule has 0 amide bonds. The van der Waals surface area contributed by atoms with Gasteiger partial charge in [0.2, 0.25) is 10.0 Å². The molecule has 2 atom stereocenters. The normalized spacial score (nSPS) is 23.0. The second kappa shape index (κ2) is 6.66. The first-order valence-electron chi connectivity index (χ1n) is 7.49. The minimum absolute atomic E-state index is 0.127. The molecule has 1 aromatic rings. The zero-order chi connectivity index (χ0) is 15.5. The third-order valence-corrected chi connectivity index (χ3v) is 5.70. The highest BCUT2D eigenvalue weighted by Crippen LogP contribution is 2.29. The van der Waals surface area contributed by atoms with Crippen molar-refractivity contribution in [2.75, 3.05) is 24.6 Å². The lowest BCUT2D eigenvalue weighted by Crippen LogP contribution is -2.22. The number of rotatable bonds is 5. The lowest BCUT2D eigenvalue weighted by molar-refractivity contribution is 0.293. The fourth-order valence-corrected chi connectivity index (χ4v) is 3.86. The lowest BCUT2D eigenvalue weighted by Gasteiger charge is -2.27. The Labute approximate surface area is 127 Å². The van der Waals surface area contributed by atoms with Gasteiger partial charge in [0.1, 0.15) is 4.90 Å². The van der Waals surface area contributed by atoms with Crippen molar-refractivity contribution in [2.45, 2.75) is 37.5 Å². The van der Waals surface area contributed by atoms with Crippen molar-refractivity contribution in [3.05, 3.63) is 18.2 Å². The van der Waals surface area contributed by atoms with E-state index in [0.717, 1.165) is 18.2 Å². The van der Waals surface area contributed by atoms with Crippen molar-refractivity contribution >= 4 is 21.4 Å². The Morgan fingerprint density at radius 3 is 2.71 bits per heavy atom. The van der Waals surface area contributed by atoms with E-state index in [2.05, 4.69) is 17.0 Å². The Hall–Kier alpha value is -1.27. The molecule has 0 heterocycles. The molecule has 4 N–H and O–H groups in total. The Kier molecular flexibility index (Phi) is 5.11. The Morgan fingerprint density at radius 2 is 2.10 bits per heavy atom. The topological polar surface area (TPSA) is 84.2 Å². The van der Waals surface area contributed by atoms with Crippen molar-refractivity contribution in [1.82, 2.24) is 4.72 Å². The molecule has 0 aromatic heterocycles. The van der Waals surface area contributed by atoms with Gasteiger partial charge in [0.05, 0.1) is 5.69 Å². The maximum atomic E-state index is 11.8. The summed E-state index contributed by atoms with van der Waals surface area (Å²) in [4.78, 5) is 0.127. The quantitative estimate of drug-likeness (QED) is 0.729. The van der Waals surface area contributed by atoms with Crippen LogP contribution in [0.15, 0.2) is 23.1 Å². The molecule has 0 aliphatic heterocycles. The van der Waals surface area contributed by atoms with E-state index in [9.17, 15) is 8.42 Å². The molecular formula is C15H25N3O2S. The van der Waals surface area contributed by atoms with E-state index in [1.54, 1.807) is 18.2 Å². The minimum Gasteiger partial charge on any atom is -0.398 e. The second-order valence-corrected chi connectivity index (χ2v) is 7.83. The zero-order valence-electron chi connectivity index (χ0n) is 12.7. The van der Waals surface area contributed by atoms with Crippen LogP contribution in [-0.2, 0) is 10.0 Å². The molecule has 0 saturated heterocycles. The number of benzene rings is 1. The van der Waals surface area contributed by atoms with Crippen molar-refractivity contribution in [1.29, 1.82) is 0 Å². The maximum Gasteiger partial charge on any atom is 0.242 e. The molecule has 0 radical (unpaired) electrons. The maximum absolute atomic E-state index is 11.8.